The van der Waals surface area contributed by atoms with Crippen LogP contribution >= 0.6 is 0 Å². The molecule has 2 heterocycles. The van der Waals surface area contributed by atoms with Gasteiger partial charge in [0.15, 0.2) is 0 Å². The van der Waals surface area contributed by atoms with Crippen molar-refractivity contribution in [2.45, 2.75) is 130 Å². The maximum atomic E-state index is 12.2. The van der Waals surface area contributed by atoms with Gasteiger partial charge in [0, 0.05) is 64.2 Å². The number of amides is 4. The van der Waals surface area contributed by atoms with Crippen molar-refractivity contribution in [2.75, 3.05) is 13.2 Å². The summed E-state index contributed by atoms with van der Waals surface area (Å²) in [6.45, 7) is 11.4. The molecule has 0 aromatic heterocycles. The fourth-order valence-electron chi connectivity index (χ4n) is 3.90. The van der Waals surface area contributed by atoms with Gasteiger partial charge in [0.2, 0.25) is 0 Å². The Hall–Kier alpha value is -3.88. The Labute approximate surface area is 263 Å². The molecule has 0 saturated carbocycles. The van der Waals surface area contributed by atoms with Crippen LogP contribution in [0.5, 0.6) is 0 Å². The standard InChI is InChI=1S/C28H40N2O13.C2H6/c1-27(2,15-17-39-23(35)7-5-9-25(37)42-29-19(31)11-12-20(29)32)40-18-16-28(3,4)41-24(36)8-6-10-26(38)43-30-21(33)13-14-22(30)34;1-2/h5-18H2,1-4H3;1-2H3. The second-order valence-electron chi connectivity index (χ2n) is 11.4. The highest BCUT2D eigenvalue weighted by Crippen LogP contribution is 2.21. The number of rotatable bonds is 18. The van der Waals surface area contributed by atoms with Gasteiger partial charge in [-0.2, -0.15) is 0 Å². The van der Waals surface area contributed by atoms with E-state index in [0.29, 0.717) is 23.0 Å². The van der Waals surface area contributed by atoms with Gasteiger partial charge < -0.3 is 23.9 Å². The molecule has 2 aliphatic heterocycles. The molecule has 2 fully saturated rings. The highest BCUT2D eigenvalue weighted by Gasteiger charge is 2.34. The molecule has 0 spiro atoms. The van der Waals surface area contributed by atoms with Gasteiger partial charge in [-0.25, -0.2) is 9.59 Å². The Kier molecular flexibility index (Phi) is 16.4. The van der Waals surface area contributed by atoms with E-state index in [2.05, 4.69) is 0 Å². The van der Waals surface area contributed by atoms with Crippen molar-refractivity contribution in [1.29, 1.82) is 0 Å². The summed E-state index contributed by atoms with van der Waals surface area (Å²) >= 11 is 0. The highest BCUT2D eigenvalue weighted by atomic mass is 16.7. The fraction of sp³-hybridized carbons (Fsp3) is 0.733. The van der Waals surface area contributed by atoms with Crippen molar-refractivity contribution < 1.29 is 62.2 Å². The lowest BCUT2D eigenvalue weighted by molar-refractivity contribution is -0.197. The summed E-state index contributed by atoms with van der Waals surface area (Å²) in [5.74, 6) is -4.90. The number of carbonyl (C=O) groups is 8. The zero-order chi connectivity index (χ0) is 34.2. The third kappa shape index (κ3) is 15.1. The van der Waals surface area contributed by atoms with Crippen molar-refractivity contribution in [2.24, 2.45) is 0 Å². The first-order valence-corrected chi connectivity index (χ1v) is 15.2. The molecule has 0 aliphatic carbocycles. The van der Waals surface area contributed by atoms with Gasteiger partial charge in [0.25, 0.3) is 23.6 Å². The van der Waals surface area contributed by atoms with E-state index in [-0.39, 0.29) is 77.4 Å². The first kappa shape index (κ1) is 39.1. The Morgan fingerprint density at radius 2 is 0.956 bits per heavy atom. The largest absolute Gasteiger partial charge is 0.466 e. The maximum absolute atomic E-state index is 12.2. The summed E-state index contributed by atoms with van der Waals surface area (Å²) in [7, 11) is 0. The molecule has 0 N–H and O–H groups in total. The Morgan fingerprint density at radius 3 is 1.40 bits per heavy atom. The molecule has 0 aromatic carbocycles. The summed E-state index contributed by atoms with van der Waals surface area (Å²) in [5, 5.41) is 0.922. The number of carbonyl (C=O) groups excluding carboxylic acids is 8. The van der Waals surface area contributed by atoms with Gasteiger partial charge in [0.1, 0.15) is 5.60 Å². The van der Waals surface area contributed by atoms with E-state index in [1.807, 2.05) is 27.7 Å². The van der Waals surface area contributed by atoms with Crippen LogP contribution in [0.2, 0.25) is 0 Å². The van der Waals surface area contributed by atoms with Crippen LogP contribution in [0.4, 0.5) is 0 Å². The van der Waals surface area contributed by atoms with E-state index >= 15 is 0 Å². The van der Waals surface area contributed by atoms with Gasteiger partial charge in [-0.05, 0) is 40.5 Å². The molecule has 45 heavy (non-hydrogen) atoms. The van der Waals surface area contributed by atoms with Crippen LogP contribution in [0.1, 0.15) is 119 Å². The normalized spacial score (nSPS) is 15.1. The van der Waals surface area contributed by atoms with E-state index in [4.69, 9.17) is 23.9 Å². The van der Waals surface area contributed by atoms with Crippen molar-refractivity contribution in [1.82, 2.24) is 10.1 Å². The molecule has 15 nitrogen and oxygen atoms in total. The third-order valence-electron chi connectivity index (χ3n) is 6.48. The van der Waals surface area contributed by atoms with Gasteiger partial charge in [0.05, 0.1) is 18.8 Å². The number of hydroxylamine groups is 4. The first-order valence-electron chi connectivity index (χ1n) is 15.2. The van der Waals surface area contributed by atoms with Crippen LogP contribution < -0.4 is 0 Å². The summed E-state index contributed by atoms with van der Waals surface area (Å²) in [6.07, 6.45) is 0.583. The minimum absolute atomic E-state index is 0.0000841. The molecule has 254 valence electrons. The monoisotopic (exact) mass is 642 g/mol. The second kappa shape index (κ2) is 18.8. The molecule has 0 bridgehead atoms. The number of ether oxygens (including phenoxy) is 3. The summed E-state index contributed by atoms with van der Waals surface area (Å²) in [6, 6.07) is 0. The minimum Gasteiger partial charge on any atom is -0.466 e. The Morgan fingerprint density at radius 1 is 0.578 bits per heavy atom. The zero-order valence-corrected chi connectivity index (χ0v) is 27.1. The van der Waals surface area contributed by atoms with Gasteiger partial charge in [-0.15, -0.1) is 10.1 Å². The average molecular weight is 643 g/mol. The smallest absolute Gasteiger partial charge is 0.333 e. The number of hydrogen-bond acceptors (Lipinski definition) is 13. The van der Waals surface area contributed by atoms with Crippen LogP contribution in [0.25, 0.3) is 0 Å². The summed E-state index contributed by atoms with van der Waals surface area (Å²) in [4.78, 5) is 103. The molecule has 2 aliphatic rings. The molecule has 0 atom stereocenters. The predicted molar refractivity (Wildman–Crippen MR) is 154 cm³/mol. The molecule has 0 aromatic rings. The Bertz CT molecular complexity index is 1070. The van der Waals surface area contributed by atoms with Crippen LogP contribution in [0.15, 0.2) is 0 Å². The van der Waals surface area contributed by atoms with Crippen LogP contribution in [0, 0.1) is 0 Å². The number of nitrogens with zero attached hydrogens (tertiary/aromatic N) is 2. The molecular weight excluding hydrogens is 596 g/mol. The van der Waals surface area contributed by atoms with Crippen molar-refractivity contribution in [3.63, 3.8) is 0 Å². The lowest BCUT2D eigenvalue weighted by Crippen LogP contribution is -2.33. The minimum atomic E-state index is -0.856. The van der Waals surface area contributed by atoms with Crippen molar-refractivity contribution in [3.8, 4) is 0 Å². The topological polar surface area (TPSA) is 189 Å². The molecule has 2 saturated heterocycles. The van der Waals surface area contributed by atoms with Crippen LogP contribution in [-0.2, 0) is 62.2 Å². The fourth-order valence-corrected chi connectivity index (χ4v) is 3.90. The molecule has 0 radical (unpaired) electrons. The molecule has 0 unspecified atom stereocenters. The number of imide groups is 2. The zero-order valence-electron chi connectivity index (χ0n) is 27.1. The molecule has 2 rings (SSSR count). The second-order valence-corrected chi connectivity index (χ2v) is 11.4. The summed E-state index contributed by atoms with van der Waals surface area (Å²) < 4.78 is 16.6. The molecule has 4 amide bonds. The highest BCUT2D eigenvalue weighted by molar-refractivity contribution is 6.02. The lowest BCUT2D eigenvalue weighted by atomic mass is 10.0. The van der Waals surface area contributed by atoms with Crippen LogP contribution in [-0.4, -0.2) is 82.0 Å². The SMILES string of the molecule is CC.CC(C)(CCOC(=O)CCCC(=O)ON1C(=O)CCC1=O)OCCC(C)(C)OC(=O)CCCC(=O)ON1C(=O)CCC1=O. The van der Waals surface area contributed by atoms with E-state index < -0.39 is 58.7 Å². The first-order chi connectivity index (χ1) is 21.1. The lowest BCUT2D eigenvalue weighted by Gasteiger charge is -2.29. The number of hydrogen-bond donors (Lipinski definition) is 0. The number of esters is 2. The average Bonchev–Trinajstić information content (AvgIpc) is 3.43. The Balaban J connectivity index is 0.00000496. The summed E-state index contributed by atoms with van der Waals surface area (Å²) in [5.41, 5.74) is -1.51. The van der Waals surface area contributed by atoms with Crippen LogP contribution in [0.3, 0.4) is 0 Å². The third-order valence-corrected chi connectivity index (χ3v) is 6.48. The van der Waals surface area contributed by atoms with E-state index in [9.17, 15) is 38.4 Å². The quantitative estimate of drug-likeness (QED) is 0.157. The van der Waals surface area contributed by atoms with Gasteiger partial charge >= 0.3 is 23.9 Å². The van der Waals surface area contributed by atoms with Crippen molar-refractivity contribution >= 4 is 47.5 Å². The maximum Gasteiger partial charge on any atom is 0.333 e. The predicted octanol–water partition coefficient (Wildman–Crippen LogP) is 3.01. The van der Waals surface area contributed by atoms with Gasteiger partial charge in [-0.3, -0.25) is 28.8 Å². The van der Waals surface area contributed by atoms with E-state index in [1.54, 1.807) is 13.8 Å². The molecular formula is C30H46N2O13. The molecule has 15 heteroatoms. The van der Waals surface area contributed by atoms with E-state index in [1.165, 1.54) is 0 Å². The van der Waals surface area contributed by atoms with Crippen molar-refractivity contribution in [3.05, 3.63) is 0 Å². The van der Waals surface area contributed by atoms with Gasteiger partial charge in [-0.1, -0.05) is 13.8 Å². The van der Waals surface area contributed by atoms with E-state index in [0.717, 1.165) is 0 Å².